The van der Waals surface area contributed by atoms with Gasteiger partial charge in [0, 0.05) is 37.1 Å². The van der Waals surface area contributed by atoms with Gasteiger partial charge in [0.15, 0.2) is 0 Å². The van der Waals surface area contributed by atoms with Crippen LogP contribution in [0.3, 0.4) is 0 Å². The van der Waals surface area contributed by atoms with Crippen LogP contribution in [-0.2, 0) is 33.0 Å². The molecule has 10 nitrogen and oxygen atoms in total. The third-order valence-electron chi connectivity index (χ3n) is 6.50. The van der Waals surface area contributed by atoms with Crippen molar-refractivity contribution in [3.8, 4) is 11.1 Å². The number of nitrogens with zero attached hydrogens (tertiary/aromatic N) is 2. The van der Waals surface area contributed by atoms with Crippen LogP contribution in [0.25, 0.3) is 11.1 Å². The summed E-state index contributed by atoms with van der Waals surface area (Å²) < 4.78 is 55.9. The van der Waals surface area contributed by atoms with E-state index in [-0.39, 0.29) is 22.9 Å². The molecular weight excluding hydrogens is 548 g/mol. The van der Waals surface area contributed by atoms with Crippen LogP contribution >= 0.6 is 0 Å². The minimum atomic E-state index is -3.63. The average Bonchev–Trinajstić information content (AvgIpc) is 2.96. The molecule has 12 heteroatoms. The summed E-state index contributed by atoms with van der Waals surface area (Å²) >= 11 is 0. The third-order valence-corrected chi connectivity index (χ3v) is 9.38. The normalized spacial score (nSPS) is 15.0. The lowest BCUT2D eigenvalue weighted by atomic mass is 10.1. The predicted octanol–water partition coefficient (Wildman–Crippen LogP) is 4.02. The second-order valence-corrected chi connectivity index (χ2v) is 12.8. The van der Waals surface area contributed by atoms with Crippen molar-refractivity contribution < 1.29 is 16.8 Å². The maximum Gasteiger partial charge on any atom is 0.240 e. The van der Waals surface area contributed by atoms with Gasteiger partial charge in [0.1, 0.15) is 5.82 Å². The monoisotopic (exact) mass is 578 g/mol. The Morgan fingerprint density at radius 2 is 1.70 bits per heavy atom. The number of aryl methyl sites for hydroxylation is 1. The molecule has 2 heterocycles. The minimum Gasteiger partial charge on any atom is -0.369 e. The van der Waals surface area contributed by atoms with Crippen molar-refractivity contribution in [3.63, 3.8) is 0 Å². The van der Waals surface area contributed by atoms with Gasteiger partial charge in [-0.2, -0.15) is 4.98 Å². The molecule has 0 fully saturated rings. The largest absolute Gasteiger partial charge is 0.369 e. The average molecular weight is 579 g/mol. The Kier molecular flexibility index (Phi) is 8.12. The molecule has 0 radical (unpaired) electrons. The maximum absolute atomic E-state index is 12.7. The molecule has 0 saturated heterocycles. The van der Waals surface area contributed by atoms with E-state index in [1.807, 2.05) is 43.3 Å². The highest BCUT2D eigenvalue weighted by atomic mass is 32.2. The second-order valence-electron chi connectivity index (χ2n) is 9.31. The molecule has 0 spiro atoms. The van der Waals surface area contributed by atoms with Crippen LogP contribution in [0, 0.1) is 0 Å². The smallest absolute Gasteiger partial charge is 0.240 e. The number of rotatable bonds is 6. The van der Waals surface area contributed by atoms with Crippen LogP contribution in [0.15, 0.2) is 88.8 Å². The molecule has 4 bridgehead atoms. The van der Waals surface area contributed by atoms with Gasteiger partial charge < -0.3 is 10.6 Å². The zero-order valence-electron chi connectivity index (χ0n) is 21.9. The van der Waals surface area contributed by atoms with Gasteiger partial charge in [-0.3, -0.25) is 0 Å². The third kappa shape index (κ3) is 6.48. The maximum atomic E-state index is 12.7. The Bertz CT molecular complexity index is 1710. The first kappa shape index (κ1) is 27.7. The molecule has 4 aromatic rings. The second kappa shape index (κ2) is 11.7. The molecule has 0 atom stereocenters. The van der Waals surface area contributed by atoms with E-state index in [0.717, 1.165) is 28.7 Å². The first-order chi connectivity index (χ1) is 19.2. The van der Waals surface area contributed by atoms with E-state index < -0.39 is 20.0 Å². The van der Waals surface area contributed by atoms with Crippen molar-refractivity contribution in [2.45, 2.75) is 36.1 Å². The van der Waals surface area contributed by atoms with Crippen LogP contribution in [0.1, 0.15) is 24.5 Å². The molecule has 5 rings (SSSR count). The van der Waals surface area contributed by atoms with Crippen LogP contribution < -0.4 is 20.1 Å². The Labute approximate surface area is 234 Å². The molecule has 0 saturated carbocycles. The van der Waals surface area contributed by atoms with Crippen LogP contribution in [0.5, 0.6) is 0 Å². The summed E-state index contributed by atoms with van der Waals surface area (Å²) in [6.45, 7) is 2.93. The van der Waals surface area contributed by atoms with Crippen molar-refractivity contribution in [1.82, 2.24) is 19.4 Å². The molecule has 1 aliphatic rings. The number of fused-ring (bicyclic) bond motifs is 4. The number of sulfonamides is 2. The molecule has 3 aromatic carbocycles. The minimum absolute atomic E-state index is 0.150. The van der Waals surface area contributed by atoms with Crippen molar-refractivity contribution in [2.24, 2.45) is 0 Å². The zero-order valence-corrected chi connectivity index (χ0v) is 23.5. The lowest BCUT2D eigenvalue weighted by Gasteiger charge is -2.14. The van der Waals surface area contributed by atoms with E-state index in [1.165, 1.54) is 6.07 Å². The number of hydrogen-bond donors (Lipinski definition) is 4. The molecule has 40 heavy (non-hydrogen) atoms. The Balaban J connectivity index is 1.34. The van der Waals surface area contributed by atoms with Crippen molar-refractivity contribution in [1.29, 1.82) is 0 Å². The summed E-state index contributed by atoms with van der Waals surface area (Å²) in [5, 5.41) is 6.37. The van der Waals surface area contributed by atoms with Gasteiger partial charge in [0.2, 0.25) is 26.0 Å². The fraction of sp³-hybridized carbons (Fsp3) is 0.214. The van der Waals surface area contributed by atoms with Crippen LogP contribution in [0.2, 0.25) is 0 Å². The summed E-state index contributed by atoms with van der Waals surface area (Å²) in [6.07, 6.45) is 3.09. The van der Waals surface area contributed by atoms with Crippen LogP contribution in [-0.4, -0.2) is 39.9 Å². The molecule has 0 unspecified atom stereocenters. The van der Waals surface area contributed by atoms with Gasteiger partial charge in [0.25, 0.3) is 0 Å². The molecule has 1 aliphatic heterocycles. The summed E-state index contributed by atoms with van der Waals surface area (Å²) in [7, 11) is -7.26. The zero-order chi connectivity index (χ0) is 28.2. The van der Waals surface area contributed by atoms with Gasteiger partial charge >= 0.3 is 0 Å². The first-order valence-corrected chi connectivity index (χ1v) is 15.9. The number of benzene rings is 3. The Morgan fingerprint density at radius 1 is 0.950 bits per heavy atom. The quantitative estimate of drug-likeness (QED) is 0.269. The molecule has 0 aliphatic carbocycles. The van der Waals surface area contributed by atoms with Crippen molar-refractivity contribution in [3.05, 3.63) is 90.1 Å². The lowest BCUT2D eigenvalue weighted by Crippen LogP contribution is -2.26. The van der Waals surface area contributed by atoms with E-state index in [0.29, 0.717) is 30.4 Å². The first-order valence-electron chi connectivity index (χ1n) is 12.9. The van der Waals surface area contributed by atoms with Crippen LogP contribution in [0.4, 0.5) is 17.5 Å². The highest BCUT2D eigenvalue weighted by molar-refractivity contribution is 7.89. The number of aromatic nitrogens is 2. The van der Waals surface area contributed by atoms with Gasteiger partial charge in [-0.15, -0.1) is 0 Å². The highest BCUT2D eigenvalue weighted by Crippen LogP contribution is 2.28. The molecular formula is C28H30N6O4S2. The summed E-state index contributed by atoms with van der Waals surface area (Å²) in [6, 6.07) is 20.9. The topological polar surface area (TPSA) is 142 Å². The number of hydrogen-bond acceptors (Lipinski definition) is 8. The Morgan fingerprint density at radius 3 is 2.45 bits per heavy atom. The lowest BCUT2D eigenvalue weighted by molar-refractivity contribution is 0.579. The van der Waals surface area contributed by atoms with E-state index in [2.05, 4.69) is 30.0 Å². The molecule has 0 amide bonds. The van der Waals surface area contributed by atoms with Gasteiger partial charge in [-0.1, -0.05) is 49.4 Å². The Hall–Kier alpha value is -3.84. The predicted molar refractivity (Wildman–Crippen MR) is 155 cm³/mol. The van der Waals surface area contributed by atoms with E-state index in [9.17, 15) is 16.8 Å². The fourth-order valence-corrected chi connectivity index (χ4v) is 6.35. The number of nitrogens with one attached hydrogen (secondary N) is 4. The highest BCUT2D eigenvalue weighted by Gasteiger charge is 2.17. The standard InChI is InChI=1S/C28H30N6O4S2/c1-2-20-9-13-24(14-10-20)39(35,36)32-18-21-7-11-22(12-8-21)26-19-30-28-33-23-5-3-6-25(17-23)40(37,38)31-16-4-15-29-27(26)34-28/h3,5-14,17,19,31-32H,2,4,15-16,18H2,1H3,(H2,29,30,33,34). The fourth-order valence-electron chi connectivity index (χ4n) is 4.21. The van der Waals surface area contributed by atoms with Gasteiger partial charge in [-0.25, -0.2) is 31.3 Å². The van der Waals surface area contributed by atoms with E-state index >= 15 is 0 Å². The van der Waals surface area contributed by atoms with Gasteiger partial charge in [0.05, 0.1) is 9.79 Å². The summed E-state index contributed by atoms with van der Waals surface area (Å²) in [5.41, 5.74) is 4.04. The summed E-state index contributed by atoms with van der Waals surface area (Å²) in [5.74, 6) is 0.922. The van der Waals surface area contributed by atoms with Crippen molar-refractivity contribution >= 4 is 37.5 Å². The van der Waals surface area contributed by atoms with E-state index in [4.69, 9.17) is 0 Å². The SMILES string of the molecule is CCc1ccc(S(=O)(=O)NCc2ccc(-c3cnc4nc3NCCCNS(=O)(=O)c3cccc(c3)N4)cc2)cc1. The van der Waals surface area contributed by atoms with Crippen molar-refractivity contribution in [2.75, 3.05) is 23.7 Å². The molecule has 4 N–H and O–H groups in total. The molecule has 208 valence electrons. The van der Waals surface area contributed by atoms with Gasteiger partial charge in [-0.05, 0) is 59.9 Å². The number of anilines is 3. The molecule has 1 aromatic heterocycles. The van der Waals surface area contributed by atoms with E-state index in [1.54, 1.807) is 36.5 Å². The summed E-state index contributed by atoms with van der Waals surface area (Å²) in [4.78, 5) is 9.49.